The van der Waals surface area contributed by atoms with Crippen molar-refractivity contribution in [2.45, 2.75) is 12.8 Å². The first-order chi connectivity index (χ1) is 7.77. The third-order valence-corrected chi connectivity index (χ3v) is 2.37. The molecule has 0 bridgehead atoms. The van der Waals surface area contributed by atoms with Gasteiger partial charge in [0, 0.05) is 16.5 Å². The maximum atomic E-state index is 8.39. The largest absolute Gasteiger partial charge is 0.493 e. The number of hydrogen-bond acceptors (Lipinski definition) is 4. The van der Waals surface area contributed by atoms with Crippen molar-refractivity contribution in [3.8, 4) is 11.8 Å². The van der Waals surface area contributed by atoms with E-state index in [0.717, 1.165) is 15.8 Å². The van der Waals surface area contributed by atoms with Gasteiger partial charge in [0.25, 0.3) is 0 Å². The van der Waals surface area contributed by atoms with Crippen LogP contribution in [0.15, 0.2) is 27.8 Å². The summed E-state index contributed by atoms with van der Waals surface area (Å²) in [5.74, 6) is 5.83. The van der Waals surface area contributed by atoms with E-state index in [1.807, 2.05) is 18.2 Å². The Balaban J connectivity index is 2.67. The number of ether oxygens (including phenoxy) is 1. The van der Waals surface area contributed by atoms with Crippen molar-refractivity contribution < 1.29 is 4.74 Å². The Morgan fingerprint density at radius 1 is 1.56 bits per heavy atom. The van der Waals surface area contributed by atoms with Gasteiger partial charge >= 0.3 is 0 Å². The third kappa shape index (κ3) is 3.91. The van der Waals surface area contributed by atoms with Crippen molar-refractivity contribution in [1.29, 1.82) is 5.26 Å². The van der Waals surface area contributed by atoms with Crippen LogP contribution in [0.5, 0.6) is 5.75 Å². The predicted molar refractivity (Wildman–Crippen MR) is 66.3 cm³/mol. The van der Waals surface area contributed by atoms with Crippen LogP contribution in [0.25, 0.3) is 0 Å². The van der Waals surface area contributed by atoms with Crippen molar-refractivity contribution in [1.82, 2.24) is 0 Å². The molecule has 84 valence electrons. The van der Waals surface area contributed by atoms with Gasteiger partial charge in [0.1, 0.15) is 5.75 Å². The molecule has 0 amide bonds. The van der Waals surface area contributed by atoms with Crippen molar-refractivity contribution in [3.05, 3.63) is 28.2 Å². The zero-order valence-electron chi connectivity index (χ0n) is 8.69. The number of hydrogen-bond donors (Lipinski definition) is 1. The molecular formula is C11H12BrN3O. The summed E-state index contributed by atoms with van der Waals surface area (Å²) in [5, 5.41) is 11.9. The fraction of sp³-hybridized carbons (Fsp3) is 0.273. The summed E-state index contributed by atoms with van der Waals surface area (Å²) in [7, 11) is 0. The molecule has 0 saturated heterocycles. The van der Waals surface area contributed by atoms with E-state index in [2.05, 4.69) is 27.1 Å². The van der Waals surface area contributed by atoms with E-state index in [1.165, 1.54) is 6.21 Å². The van der Waals surface area contributed by atoms with Crippen LogP contribution in [0.1, 0.15) is 18.4 Å². The van der Waals surface area contributed by atoms with E-state index in [9.17, 15) is 0 Å². The summed E-state index contributed by atoms with van der Waals surface area (Å²) in [5.41, 5.74) is 0.814. The SMILES string of the molecule is N#CCCCOc1ccc(Br)cc1C=NN. The first-order valence-corrected chi connectivity index (χ1v) is 5.60. The van der Waals surface area contributed by atoms with Gasteiger partial charge in [-0.25, -0.2) is 0 Å². The molecule has 0 saturated carbocycles. The standard InChI is InChI=1S/C11H12BrN3O/c12-10-3-4-11(9(7-10)8-15-14)16-6-2-1-5-13/h3-4,7-8H,1-2,6,14H2. The van der Waals surface area contributed by atoms with Crippen molar-refractivity contribution >= 4 is 22.1 Å². The molecule has 0 aliphatic rings. The van der Waals surface area contributed by atoms with Crippen LogP contribution >= 0.6 is 15.9 Å². The average Bonchev–Trinajstić information content (AvgIpc) is 2.27. The number of halogens is 1. The quantitative estimate of drug-likeness (QED) is 0.390. The minimum absolute atomic E-state index is 0.497. The first kappa shape index (κ1) is 12.5. The molecule has 1 aromatic carbocycles. The number of nitrogens with two attached hydrogens (primary N) is 1. The highest BCUT2D eigenvalue weighted by Gasteiger charge is 2.02. The Kier molecular flexibility index (Phi) is 5.37. The maximum absolute atomic E-state index is 8.39. The lowest BCUT2D eigenvalue weighted by Crippen LogP contribution is -2.00. The molecule has 1 rings (SSSR count). The lowest BCUT2D eigenvalue weighted by molar-refractivity contribution is 0.312. The topological polar surface area (TPSA) is 71.4 Å². The van der Waals surface area contributed by atoms with Gasteiger partial charge in [0.15, 0.2) is 0 Å². The summed E-state index contributed by atoms with van der Waals surface area (Å²) in [4.78, 5) is 0. The maximum Gasteiger partial charge on any atom is 0.128 e. The van der Waals surface area contributed by atoms with Crippen LogP contribution in [-0.2, 0) is 0 Å². The minimum atomic E-state index is 0.497. The van der Waals surface area contributed by atoms with Gasteiger partial charge in [-0.3, -0.25) is 0 Å². The van der Waals surface area contributed by atoms with E-state index < -0.39 is 0 Å². The molecule has 0 atom stereocenters. The number of nitriles is 1. The molecule has 0 aliphatic heterocycles. The zero-order valence-corrected chi connectivity index (χ0v) is 10.3. The van der Waals surface area contributed by atoms with Gasteiger partial charge in [-0.1, -0.05) is 15.9 Å². The Hall–Kier alpha value is -1.54. The lowest BCUT2D eigenvalue weighted by atomic mass is 10.2. The Bertz CT molecular complexity index is 412. The predicted octanol–water partition coefficient (Wildman–Crippen LogP) is 2.42. The van der Waals surface area contributed by atoms with E-state index in [4.69, 9.17) is 15.8 Å². The normalized spacial score (nSPS) is 10.2. The fourth-order valence-corrected chi connectivity index (χ4v) is 1.54. The minimum Gasteiger partial charge on any atom is -0.493 e. The molecule has 4 nitrogen and oxygen atoms in total. The molecule has 0 aliphatic carbocycles. The van der Waals surface area contributed by atoms with Gasteiger partial charge in [-0.15, -0.1) is 0 Å². The number of nitrogens with zero attached hydrogens (tertiary/aromatic N) is 2. The lowest BCUT2D eigenvalue weighted by Gasteiger charge is -2.08. The average molecular weight is 282 g/mol. The van der Waals surface area contributed by atoms with Crippen molar-refractivity contribution in [3.63, 3.8) is 0 Å². The van der Waals surface area contributed by atoms with Crippen molar-refractivity contribution in [2.75, 3.05) is 6.61 Å². The second-order valence-electron chi connectivity index (χ2n) is 3.07. The van der Waals surface area contributed by atoms with Crippen LogP contribution in [0, 0.1) is 11.3 Å². The van der Waals surface area contributed by atoms with Crippen LogP contribution < -0.4 is 10.6 Å². The van der Waals surface area contributed by atoms with E-state index in [1.54, 1.807) is 0 Å². The first-order valence-electron chi connectivity index (χ1n) is 4.80. The molecule has 0 heterocycles. The third-order valence-electron chi connectivity index (χ3n) is 1.88. The smallest absolute Gasteiger partial charge is 0.128 e. The highest BCUT2D eigenvalue weighted by atomic mass is 79.9. The molecule has 16 heavy (non-hydrogen) atoms. The Morgan fingerprint density at radius 2 is 2.38 bits per heavy atom. The summed E-state index contributed by atoms with van der Waals surface area (Å²) in [6.45, 7) is 0.514. The molecule has 0 radical (unpaired) electrons. The van der Waals surface area contributed by atoms with Gasteiger partial charge in [-0.05, 0) is 24.6 Å². The van der Waals surface area contributed by atoms with Crippen LogP contribution in [0.3, 0.4) is 0 Å². The second kappa shape index (κ2) is 6.85. The van der Waals surface area contributed by atoms with Crippen LogP contribution in [-0.4, -0.2) is 12.8 Å². The number of benzene rings is 1. The molecular weight excluding hydrogens is 270 g/mol. The fourth-order valence-electron chi connectivity index (χ4n) is 1.17. The van der Waals surface area contributed by atoms with Crippen LogP contribution in [0.4, 0.5) is 0 Å². The summed E-state index contributed by atoms with van der Waals surface area (Å²) < 4.78 is 6.46. The second-order valence-corrected chi connectivity index (χ2v) is 3.99. The molecule has 0 fully saturated rings. The van der Waals surface area contributed by atoms with Crippen LogP contribution in [0.2, 0.25) is 0 Å². The number of unbranched alkanes of at least 4 members (excludes halogenated alkanes) is 1. The highest BCUT2D eigenvalue weighted by molar-refractivity contribution is 9.10. The van der Waals surface area contributed by atoms with E-state index >= 15 is 0 Å². The van der Waals surface area contributed by atoms with Crippen molar-refractivity contribution in [2.24, 2.45) is 10.9 Å². The Morgan fingerprint density at radius 3 is 3.06 bits per heavy atom. The van der Waals surface area contributed by atoms with E-state index in [-0.39, 0.29) is 0 Å². The van der Waals surface area contributed by atoms with E-state index in [0.29, 0.717) is 19.4 Å². The molecule has 0 aromatic heterocycles. The number of hydrazone groups is 1. The number of rotatable bonds is 5. The monoisotopic (exact) mass is 281 g/mol. The summed E-state index contributed by atoms with van der Waals surface area (Å²) in [6, 6.07) is 7.66. The van der Waals surface area contributed by atoms with Gasteiger partial charge < -0.3 is 10.6 Å². The summed E-state index contributed by atoms with van der Waals surface area (Å²) in [6.07, 6.45) is 2.74. The summed E-state index contributed by atoms with van der Waals surface area (Å²) >= 11 is 3.36. The molecule has 5 heteroatoms. The zero-order chi connectivity index (χ0) is 11.8. The Labute approximate surface area is 103 Å². The molecule has 0 unspecified atom stereocenters. The molecule has 0 spiro atoms. The molecule has 1 aromatic rings. The highest BCUT2D eigenvalue weighted by Crippen LogP contribution is 2.21. The molecule has 2 N–H and O–H groups in total. The van der Waals surface area contributed by atoms with Gasteiger partial charge in [-0.2, -0.15) is 10.4 Å². The van der Waals surface area contributed by atoms with Gasteiger partial charge in [0.2, 0.25) is 0 Å². The van der Waals surface area contributed by atoms with Gasteiger partial charge in [0.05, 0.1) is 18.9 Å².